The highest BCUT2D eigenvalue weighted by Gasteiger charge is 2.54. The fourth-order valence-electron chi connectivity index (χ4n) is 3.85. The molecule has 0 unspecified atom stereocenters. The van der Waals surface area contributed by atoms with E-state index < -0.39 is 0 Å². The molecule has 2 fully saturated rings. The van der Waals surface area contributed by atoms with Crippen LogP contribution in [0.1, 0.15) is 21.8 Å². The third-order valence-electron chi connectivity index (χ3n) is 4.94. The topological polar surface area (TPSA) is 60.5 Å². The number of amides is 1. The van der Waals surface area contributed by atoms with E-state index in [1.54, 1.807) is 18.4 Å². The number of aromatic nitrogens is 1. The van der Waals surface area contributed by atoms with Crippen molar-refractivity contribution in [2.45, 2.75) is 25.5 Å². The average molecular weight is 332 g/mol. The van der Waals surface area contributed by atoms with Crippen LogP contribution in [0.2, 0.25) is 0 Å². The number of nitrogens with zero attached hydrogens (tertiary/aromatic N) is 1. The molecule has 1 saturated heterocycles. The Morgan fingerprint density at radius 2 is 2.39 bits per heavy atom. The normalized spacial score (nSPS) is 29.3. The van der Waals surface area contributed by atoms with Crippen molar-refractivity contribution in [3.63, 3.8) is 0 Å². The molecule has 0 spiro atoms. The van der Waals surface area contributed by atoms with Gasteiger partial charge in [-0.1, -0.05) is 0 Å². The zero-order valence-corrected chi connectivity index (χ0v) is 14.1. The summed E-state index contributed by atoms with van der Waals surface area (Å²) < 4.78 is 12.2. The Kier molecular flexibility index (Phi) is 3.83. The van der Waals surface area contributed by atoms with Crippen molar-refractivity contribution in [1.29, 1.82) is 0 Å². The minimum Gasteiger partial charge on any atom is -0.384 e. The Hall–Kier alpha value is -1.50. The Bertz CT molecular complexity index is 745. The van der Waals surface area contributed by atoms with E-state index in [1.807, 2.05) is 25.1 Å². The average Bonchev–Trinajstić information content (AvgIpc) is 3.12. The zero-order valence-electron chi connectivity index (χ0n) is 13.2. The van der Waals surface area contributed by atoms with Crippen molar-refractivity contribution in [2.24, 2.45) is 11.8 Å². The Morgan fingerprint density at radius 1 is 1.52 bits per heavy atom. The van der Waals surface area contributed by atoms with Crippen molar-refractivity contribution in [3.05, 3.63) is 28.8 Å². The molecule has 2 aliphatic rings. The Balaban J connectivity index is 1.51. The molecule has 1 saturated carbocycles. The van der Waals surface area contributed by atoms with Crippen LogP contribution in [-0.4, -0.2) is 43.4 Å². The molecule has 2 heterocycles. The molecule has 122 valence electrons. The van der Waals surface area contributed by atoms with Crippen LogP contribution in [0, 0.1) is 18.8 Å². The number of benzene rings is 1. The van der Waals surface area contributed by atoms with Gasteiger partial charge in [0.1, 0.15) is 0 Å². The van der Waals surface area contributed by atoms with Crippen molar-refractivity contribution in [2.75, 3.05) is 20.3 Å². The molecule has 1 aromatic carbocycles. The smallest absolute Gasteiger partial charge is 0.251 e. The molecular weight excluding hydrogens is 312 g/mol. The standard InChI is InChI=1S/C17H20N2O3S/c1-9-18-13-7-10(3-4-14(13)23-9)17(20)19-15-11-5-6-22-16(11)12(15)8-21-2/h3-4,7,11-12,15-16H,5-6,8H2,1-2H3,(H,19,20)/t11-,12+,15+,16-/m0/s1. The Labute approximate surface area is 139 Å². The molecule has 4 atom stereocenters. The first kappa shape index (κ1) is 15.1. The number of aryl methyl sites for hydroxylation is 1. The van der Waals surface area contributed by atoms with Gasteiger partial charge in [0, 0.05) is 37.2 Å². The first-order valence-corrected chi connectivity index (χ1v) is 8.77. The molecule has 1 aliphatic heterocycles. The Morgan fingerprint density at radius 3 is 3.22 bits per heavy atom. The lowest BCUT2D eigenvalue weighted by atomic mass is 9.67. The number of hydrogen-bond acceptors (Lipinski definition) is 5. The van der Waals surface area contributed by atoms with Crippen LogP contribution in [0.5, 0.6) is 0 Å². The maximum Gasteiger partial charge on any atom is 0.251 e. The lowest BCUT2D eigenvalue weighted by Crippen LogP contribution is -2.62. The quantitative estimate of drug-likeness (QED) is 0.934. The molecule has 23 heavy (non-hydrogen) atoms. The predicted molar refractivity (Wildman–Crippen MR) is 88.8 cm³/mol. The monoisotopic (exact) mass is 332 g/mol. The molecule has 4 rings (SSSR count). The van der Waals surface area contributed by atoms with Gasteiger partial charge >= 0.3 is 0 Å². The van der Waals surface area contributed by atoms with Gasteiger partial charge in [0.2, 0.25) is 0 Å². The minimum atomic E-state index is -0.0333. The summed E-state index contributed by atoms with van der Waals surface area (Å²) in [5.74, 6) is 0.639. The number of hydrogen-bond donors (Lipinski definition) is 1. The summed E-state index contributed by atoms with van der Waals surface area (Å²) in [5.41, 5.74) is 1.56. The molecular formula is C17H20N2O3S. The second kappa shape index (κ2) is 5.85. The van der Waals surface area contributed by atoms with Crippen LogP contribution in [0.15, 0.2) is 18.2 Å². The molecule has 1 aliphatic carbocycles. The number of fused-ring (bicyclic) bond motifs is 2. The first-order valence-electron chi connectivity index (χ1n) is 7.96. The van der Waals surface area contributed by atoms with Gasteiger partial charge in [-0.3, -0.25) is 4.79 Å². The lowest BCUT2D eigenvalue weighted by molar-refractivity contribution is -0.0809. The molecule has 2 aromatic rings. The number of thiazole rings is 1. The van der Waals surface area contributed by atoms with E-state index in [0.29, 0.717) is 18.1 Å². The number of carbonyl (C=O) groups excluding carboxylic acids is 1. The maximum absolute atomic E-state index is 12.6. The van der Waals surface area contributed by atoms with Crippen molar-refractivity contribution in [3.8, 4) is 0 Å². The molecule has 0 radical (unpaired) electrons. The molecule has 0 bridgehead atoms. The zero-order chi connectivity index (χ0) is 16.0. The van der Waals surface area contributed by atoms with Gasteiger partial charge in [0.25, 0.3) is 5.91 Å². The third kappa shape index (κ3) is 2.55. The molecule has 6 heteroatoms. The van der Waals surface area contributed by atoms with Crippen LogP contribution < -0.4 is 5.32 Å². The van der Waals surface area contributed by atoms with Gasteiger partial charge in [-0.15, -0.1) is 11.3 Å². The van der Waals surface area contributed by atoms with Crippen LogP contribution in [-0.2, 0) is 9.47 Å². The van der Waals surface area contributed by atoms with Gasteiger partial charge in [-0.2, -0.15) is 0 Å². The number of rotatable bonds is 4. The summed E-state index contributed by atoms with van der Waals surface area (Å²) in [6.45, 7) is 3.39. The van der Waals surface area contributed by atoms with Gasteiger partial charge in [-0.25, -0.2) is 4.98 Å². The van der Waals surface area contributed by atoms with Gasteiger partial charge in [0.05, 0.1) is 27.9 Å². The van der Waals surface area contributed by atoms with Crippen LogP contribution in [0.3, 0.4) is 0 Å². The van der Waals surface area contributed by atoms with E-state index in [0.717, 1.165) is 28.3 Å². The van der Waals surface area contributed by atoms with Gasteiger partial charge < -0.3 is 14.8 Å². The molecule has 5 nitrogen and oxygen atoms in total. The summed E-state index contributed by atoms with van der Waals surface area (Å²) in [6, 6.07) is 5.87. The highest BCUT2D eigenvalue weighted by Crippen LogP contribution is 2.43. The van der Waals surface area contributed by atoms with Crippen molar-refractivity contribution in [1.82, 2.24) is 10.3 Å². The highest BCUT2D eigenvalue weighted by molar-refractivity contribution is 7.18. The number of nitrogens with one attached hydrogen (secondary N) is 1. The van der Waals surface area contributed by atoms with E-state index in [2.05, 4.69) is 10.3 Å². The van der Waals surface area contributed by atoms with Gasteiger partial charge in [-0.05, 0) is 31.5 Å². The van der Waals surface area contributed by atoms with Crippen LogP contribution in [0.25, 0.3) is 10.2 Å². The van der Waals surface area contributed by atoms with E-state index >= 15 is 0 Å². The summed E-state index contributed by atoms with van der Waals surface area (Å²) in [6.07, 6.45) is 1.25. The van der Waals surface area contributed by atoms with E-state index in [1.165, 1.54) is 0 Å². The predicted octanol–water partition coefficient (Wildman–Crippen LogP) is 2.38. The minimum absolute atomic E-state index is 0.0333. The number of ether oxygens (including phenoxy) is 2. The van der Waals surface area contributed by atoms with Crippen molar-refractivity contribution >= 4 is 27.5 Å². The van der Waals surface area contributed by atoms with Gasteiger partial charge in [0.15, 0.2) is 0 Å². The fourth-order valence-corrected chi connectivity index (χ4v) is 4.66. The number of methoxy groups -OCH3 is 1. The largest absolute Gasteiger partial charge is 0.384 e. The molecule has 1 aromatic heterocycles. The molecule has 1 amide bonds. The lowest BCUT2D eigenvalue weighted by Gasteiger charge is -2.47. The summed E-state index contributed by atoms with van der Waals surface area (Å²) in [7, 11) is 1.69. The van der Waals surface area contributed by atoms with E-state index in [-0.39, 0.29) is 24.0 Å². The second-order valence-electron chi connectivity index (χ2n) is 6.32. The molecule has 1 N–H and O–H groups in total. The second-order valence-corrected chi connectivity index (χ2v) is 7.56. The van der Waals surface area contributed by atoms with Crippen molar-refractivity contribution < 1.29 is 14.3 Å². The first-order chi connectivity index (χ1) is 11.2. The fraction of sp³-hybridized carbons (Fsp3) is 0.529. The maximum atomic E-state index is 12.6. The van der Waals surface area contributed by atoms with E-state index in [4.69, 9.17) is 9.47 Å². The van der Waals surface area contributed by atoms with E-state index in [9.17, 15) is 4.79 Å². The van der Waals surface area contributed by atoms with Crippen LogP contribution >= 0.6 is 11.3 Å². The highest BCUT2D eigenvalue weighted by atomic mass is 32.1. The third-order valence-corrected chi connectivity index (χ3v) is 5.89. The van der Waals surface area contributed by atoms with Crippen LogP contribution in [0.4, 0.5) is 0 Å². The number of carbonyl (C=O) groups is 1. The summed E-state index contributed by atoms with van der Waals surface area (Å²) >= 11 is 1.65. The SMILES string of the molecule is COC[C@@H]1[C@H](NC(=O)c2ccc3sc(C)nc3c2)[C@@H]2CCO[C@H]12. The summed E-state index contributed by atoms with van der Waals surface area (Å²) in [5, 5.41) is 4.20. The summed E-state index contributed by atoms with van der Waals surface area (Å²) in [4.78, 5) is 17.1.